The van der Waals surface area contributed by atoms with Crippen LogP contribution in [0.4, 0.5) is 0 Å². The van der Waals surface area contributed by atoms with Crippen LogP contribution in [0.3, 0.4) is 0 Å². The van der Waals surface area contributed by atoms with Gasteiger partial charge in [-0.05, 0) is 67.9 Å². The minimum Gasteiger partial charge on any atom is -0.357 e. The fraction of sp³-hybridized carbons (Fsp3) is 0.273. The smallest absolute Gasteiger partial charge is 0.158 e. The Labute approximate surface area is 149 Å². The molecule has 0 saturated heterocycles. The summed E-state index contributed by atoms with van der Waals surface area (Å²) < 4.78 is 0. The second-order valence-electron chi connectivity index (χ2n) is 6.34. The highest BCUT2D eigenvalue weighted by atomic mass is 16.6. The summed E-state index contributed by atoms with van der Waals surface area (Å²) in [4.78, 5) is 5.62. The fourth-order valence-electron chi connectivity index (χ4n) is 2.99. The Morgan fingerprint density at radius 1 is 1.12 bits per heavy atom. The van der Waals surface area contributed by atoms with Gasteiger partial charge in [-0.15, -0.1) is 0 Å². The second kappa shape index (κ2) is 8.84. The molecular formula is C22H22N2O. The Morgan fingerprint density at radius 3 is 2.60 bits per heavy atom. The van der Waals surface area contributed by atoms with Gasteiger partial charge in [0.25, 0.3) is 0 Å². The molecule has 0 aromatic heterocycles. The van der Waals surface area contributed by atoms with Crippen LogP contribution in [0.1, 0.15) is 36.8 Å². The molecule has 25 heavy (non-hydrogen) atoms. The van der Waals surface area contributed by atoms with Crippen molar-refractivity contribution in [1.29, 1.82) is 5.26 Å². The predicted octanol–water partition coefficient (Wildman–Crippen LogP) is 5.28. The van der Waals surface area contributed by atoms with Gasteiger partial charge in [0.2, 0.25) is 0 Å². The number of hydrogen-bond acceptors (Lipinski definition) is 3. The summed E-state index contributed by atoms with van der Waals surface area (Å²) in [5.74, 6) is 1.23. The van der Waals surface area contributed by atoms with E-state index in [0.29, 0.717) is 17.2 Å². The van der Waals surface area contributed by atoms with Crippen LogP contribution in [0, 0.1) is 17.2 Å². The summed E-state index contributed by atoms with van der Waals surface area (Å²) in [6.07, 6.45) is 9.70. The first kappa shape index (κ1) is 17.0. The molecule has 3 nitrogen and oxygen atoms in total. The lowest BCUT2D eigenvalue weighted by Gasteiger charge is -2.11. The first-order chi connectivity index (χ1) is 12.3. The van der Waals surface area contributed by atoms with Crippen molar-refractivity contribution in [2.24, 2.45) is 11.1 Å². The highest BCUT2D eigenvalue weighted by molar-refractivity contribution is 5.84. The SMILES string of the molecule is N#Cc1ccc(O/N=C(/CCc2ccccc2)CC2C=CCC2)cc1. The topological polar surface area (TPSA) is 45.4 Å². The number of aryl methyl sites for hydroxylation is 1. The van der Waals surface area contributed by atoms with Gasteiger partial charge in [0.1, 0.15) is 0 Å². The van der Waals surface area contributed by atoms with E-state index >= 15 is 0 Å². The molecule has 0 spiro atoms. The molecule has 3 rings (SSSR count). The van der Waals surface area contributed by atoms with Crippen LogP contribution in [-0.4, -0.2) is 5.71 Å². The van der Waals surface area contributed by atoms with Crippen molar-refractivity contribution in [2.75, 3.05) is 0 Å². The van der Waals surface area contributed by atoms with E-state index in [4.69, 9.17) is 10.1 Å². The average Bonchev–Trinajstić information content (AvgIpc) is 3.18. The highest BCUT2D eigenvalue weighted by Crippen LogP contribution is 2.23. The summed E-state index contributed by atoms with van der Waals surface area (Å²) >= 11 is 0. The number of rotatable bonds is 7. The molecule has 3 heteroatoms. The molecule has 1 unspecified atom stereocenters. The zero-order valence-corrected chi connectivity index (χ0v) is 14.3. The average molecular weight is 330 g/mol. The molecule has 0 bridgehead atoms. The van der Waals surface area contributed by atoms with E-state index in [1.807, 2.05) is 6.07 Å². The molecule has 1 aliphatic rings. The lowest BCUT2D eigenvalue weighted by Crippen LogP contribution is -2.08. The van der Waals surface area contributed by atoms with E-state index < -0.39 is 0 Å². The van der Waals surface area contributed by atoms with Crippen LogP contribution in [0.25, 0.3) is 0 Å². The third kappa shape index (κ3) is 5.32. The van der Waals surface area contributed by atoms with Gasteiger partial charge in [0.05, 0.1) is 17.3 Å². The summed E-state index contributed by atoms with van der Waals surface area (Å²) in [5, 5.41) is 13.3. The number of nitriles is 1. The molecular weight excluding hydrogens is 308 g/mol. The highest BCUT2D eigenvalue weighted by Gasteiger charge is 2.13. The maximum Gasteiger partial charge on any atom is 0.158 e. The van der Waals surface area contributed by atoms with E-state index in [0.717, 1.165) is 31.4 Å². The van der Waals surface area contributed by atoms with Gasteiger partial charge >= 0.3 is 0 Å². The van der Waals surface area contributed by atoms with Crippen molar-refractivity contribution in [3.05, 3.63) is 77.9 Å². The van der Waals surface area contributed by atoms with E-state index in [1.165, 1.54) is 12.0 Å². The standard InChI is InChI=1S/C22H22N2O/c23-17-20-11-14-22(15-12-20)25-24-21(16-19-8-4-5-9-19)13-10-18-6-2-1-3-7-18/h1-4,6-8,11-12,14-15,19H,5,9-10,13,16H2/b24-21-. The fourth-order valence-corrected chi connectivity index (χ4v) is 2.99. The quantitative estimate of drug-likeness (QED) is 0.394. The van der Waals surface area contributed by atoms with E-state index in [1.54, 1.807) is 24.3 Å². The van der Waals surface area contributed by atoms with Crippen LogP contribution >= 0.6 is 0 Å². The third-order valence-electron chi connectivity index (χ3n) is 4.42. The molecule has 0 amide bonds. The molecule has 2 aromatic carbocycles. The molecule has 0 N–H and O–H groups in total. The first-order valence-corrected chi connectivity index (χ1v) is 8.77. The summed E-state index contributed by atoms with van der Waals surface area (Å²) in [6, 6.07) is 19.6. The largest absolute Gasteiger partial charge is 0.357 e. The maximum atomic E-state index is 8.86. The van der Waals surface area contributed by atoms with E-state index in [-0.39, 0.29) is 0 Å². The zero-order valence-electron chi connectivity index (χ0n) is 14.3. The molecule has 1 aliphatic carbocycles. The van der Waals surface area contributed by atoms with Gasteiger partial charge in [-0.25, -0.2) is 0 Å². The lowest BCUT2D eigenvalue weighted by molar-refractivity contribution is 0.337. The Kier molecular flexibility index (Phi) is 6.01. The van der Waals surface area contributed by atoms with Gasteiger partial charge in [0.15, 0.2) is 5.75 Å². The lowest BCUT2D eigenvalue weighted by atomic mass is 9.97. The third-order valence-corrected chi connectivity index (χ3v) is 4.42. The zero-order chi connectivity index (χ0) is 17.3. The van der Waals surface area contributed by atoms with Crippen molar-refractivity contribution in [3.8, 4) is 11.8 Å². The Bertz CT molecular complexity index is 770. The Morgan fingerprint density at radius 2 is 1.92 bits per heavy atom. The van der Waals surface area contributed by atoms with Crippen molar-refractivity contribution in [2.45, 2.75) is 32.1 Å². The normalized spacial score (nSPS) is 16.6. The number of oxime groups is 1. The van der Waals surface area contributed by atoms with Crippen molar-refractivity contribution in [1.82, 2.24) is 0 Å². The number of benzene rings is 2. The van der Waals surface area contributed by atoms with Crippen molar-refractivity contribution in [3.63, 3.8) is 0 Å². The number of nitrogens with zero attached hydrogens (tertiary/aromatic N) is 2. The van der Waals surface area contributed by atoms with Crippen molar-refractivity contribution >= 4 is 5.71 Å². The van der Waals surface area contributed by atoms with E-state index in [2.05, 4.69) is 47.6 Å². The molecule has 0 radical (unpaired) electrons. The molecule has 126 valence electrons. The summed E-state index contributed by atoms with van der Waals surface area (Å²) in [7, 11) is 0. The number of allylic oxidation sites excluding steroid dienone is 2. The van der Waals surface area contributed by atoms with Gasteiger partial charge in [0, 0.05) is 0 Å². The predicted molar refractivity (Wildman–Crippen MR) is 100 cm³/mol. The van der Waals surface area contributed by atoms with Gasteiger partial charge in [-0.2, -0.15) is 5.26 Å². The van der Waals surface area contributed by atoms with E-state index in [9.17, 15) is 0 Å². The van der Waals surface area contributed by atoms with Gasteiger partial charge < -0.3 is 4.84 Å². The first-order valence-electron chi connectivity index (χ1n) is 8.77. The number of hydrogen-bond donors (Lipinski definition) is 0. The molecule has 0 saturated carbocycles. The second-order valence-corrected chi connectivity index (χ2v) is 6.34. The van der Waals surface area contributed by atoms with Gasteiger partial charge in [-0.1, -0.05) is 47.6 Å². The minimum atomic E-state index is 0.569. The summed E-state index contributed by atoms with van der Waals surface area (Å²) in [5.41, 5.74) is 3.03. The molecule has 1 atom stereocenters. The maximum absolute atomic E-state index is 8.86. The van der Waals surface area contributed by atoms with Crippen molar-refractivity contribution < 1.29 is 4.84 Å². The van der Waals surface area contributed by atoms with Crippen LogP contribution < -0.4 is 4.84 Å². The van der Waals surface area contributed by atoms with Crippen LogP contribution in [0.15, 0.2) is 71.9 Å². The Balaban J connectivity index is 1.65. The van der Waals surface area contributed by atoms with Crippen LogP contribution in [-0.2, 0) is 6.42 Å². The molecule has 2 aromatic rings. The molecule has 0 aliphatic heterocycles. The minimum absolute atomic E-state index is 0.569. The molecule has 0 fully saturated rings. The van der Waals surface area contributed by atoms with Gasteiger partial charge in [-0.3, -0.25) is 0 Å². The summed E-state index contributed by atoms with van der Waals surface area (Å²) in [6.45, 7) is 0. The Hall–Kier alpha value is -2.86. The molecule has 0 heterocycles. The van der Waals surface area contributed by atoms with Crippen LogP contribution in [0.2, 0.25) is 0 Å². The monoisotopic (exact) mass is 330 g/mol. The van der Waals surface area contributed by atoms with Crippen LogP contribution in [0.5, 0.6) is 5.75 Å².